The Balaban J connectivity index is 2.49. The number of halogens is 1. The van der Waals surface area contributed by atoms with Crippen LogP contribution in [-0.2, 0) is 14.8 Å². The molecule has 1 amide bonds. The quantitative estimate of drug-likeness (QED) is 0.848. The molecule has 0 aliphatic carbocycles. The third-order valence-electron chi connectivity index (χ3n) is 3.31. The molecule has 0 saturated carbocycles. The first-order valence-corrected chi connectivity index (χ1v) is 8.83. The minimum absolute atomic E-state index is 0.0483. The normalized spacial score (nSPS) is 11.0. The summed E-state index contributed by atoms with van der Waals surface area (Å²) < 4.78 is 32.0. The molecule has 0 saturated heterocycles. The molecular formula is C16H17ClN2O4S. The lowest BCUT2D eigenvalue weighted by atomic mass is 10.3. The van der Waals surface area contributed by atoms with Gasteiger partial charge >= 0.3 is 0 Å². The molecule has 6 nitrogen and oxygen atoms in total. The van der Waals surface area contributed by atoms with Crippen LogP contribution in [0, 0.1) is 0 Å². The number of anilines is 1. The Morgan fingerprint density at radius 1 is 1.21 bits per heavy atom. The fraction of sp³-hybridized carbons (Fsp3) is 0.188. The van der Waals surface area contributed by atoms with Crippen LogP contribution in [0.1, 0.15) is 0 Å². The molecule has 0 spiro atoms. The average molecular weight is 369 g/mol. The van der Waals surface area contributed by atoms with Crippen molar-refractivity contribution in [2.45, 2.75) is 4.90 Å². The van der Waals surface area contributed by atoms with Crippen molar-refractivity contribution in [1.29, 1.82) is 0 Å². The minimum atomic E-state index is -3.94. The Morgan fingerprint density at radius 2 is 1.88 bits per heavy atom. The summed E-state index contributed by atoms with van der Waals surface area (Å²) in [6.07, 6.45) is 0. The number of rotatable bonds is 6. The van der Waals surface area contributed by atoms with Crippen LogP contribution < -0.4 is 14.4 Å². The number of nitrogens with zero attached hydrogens (tertiary/aromatic N) is 1. The van der Waals surface area contributed by atoms with Gasteiger partial charge in [-0.2, -0.15) is 0 Å². The number of amides is 1. The van der Waals surface area contributed by atoms with Gasteiger partial charge in [-0.1, -0.05) is 17.7 Å². The Labute approximate surface area is 146 Å². The number of likely N-dealkylation sites (N-methyl/N-ethyl adjacent to an activating group) is 1. The molecule has 0 heterocycles. The van der Waals surface area contributed by atoms with Crippen molar-refractivity contribution >= 4 is 33.2 Å². The van der Waals surface area contributed by atoms with Crippen molar-refractivity contribution in [3.63, 3.8) is 0 Å². The van der Waals surface area contributed by atoms with E-state index in [0.29, 0.717) is 16.5 Å². The Bertz CT molecular complexity index is 822. The second-order valence-electron chi connectivity index (χ2n) is 4.84. The number of carbonyl (C=O) groups excluding carboxylic acids is 1. The highest BCUT2D eigenvalue weighted by Gasteiger charge is 2.27. The summed E-state index contributed by atoms with van der Waals surface area (Å²) in [4.78, 5) is 11.8. The fourth-order valence-electron chi connectivity index (χ4n) is 2.03. The second kappa shape index (κ2) is 7.55. The van der Waals surface area contributed by atoms with Crippen molar-refractivity contribution in [3.05, 3.63) is 53.6 Å². The maximum Gasteiger partial charge on any atom is 0.264 e. The lowest BCUT2D eigenvalue weighted by molar-refractivity contribution is -0.119. The van der Waals surface area contributed by atoms with E-state index in [9.17, 15) is 13.2 Å². The molecule has 0 aromatic heterocycles. The van der Waals surface area contributed by atoms with Crippen LogP contribution >= 0.6 is 11.6 Å². The average Bonchev–Trinajstić information content (AvgIpc) is 2.59. The molecule has 24 heavy (non-hydrogen) atoms. The zero-order valence-corrected chi connectivity index (χ0v) is 14.8. The summed E-state index contributed by atoms with van der Waals surface area (Å²) in [6.45, 7) is -0.356. The van der Waals surface area contributed by atoms with Crippen LogP contribution in [0.5, 0.6) is 5.75 Å². The van der Waals surface area contributed by atoms with E-state index in [-0.39, 0.29) is 11.4 Å². The van der Waals surface area contributed by atoms with Gasteiger partial charge in [-0.3, -0.25) is 9.10 Å². The minimum Gasteiger partial charge on any atom is -0.497 e. The summed E-state index contributed by atoms with van der Waals surface area (Å²) in [5, 5.41) is 2.80. The molecule has 0 fully saturated rings. The molecule has 0 atom stereocenters. The molecule has 0 unspecified atom stereocenters. The summed E-state index contributed by atoms with van der Waals surface area (Å²) >= 11 is 5.96. The van der Waals surface area contributed by atoms with Gasteiger partial charge < -0.3 is 10.1 Å². The Morgan fingerprint density at radius 3 is 2.42 bits per heavy atom. The summed E-state index contributed by atoms with van der Waals surface area (Å²) in [5.41, 5.74) is 0.307. The molecule has 2 rings (SSSR count). The third kappa shape index (κ3) is 3.98. The first kappa shape index (κ1) is 18.1. The highest BCUT2D eigenvalue weighted by Crippen LogP contribution is 2.26. The molecular weight excluding hydrogens is 352 g/mol. The van der Waals surface area contributed by atoms with E-state index >= 15 is 0 Å². The monoisotopic (exact) mass is 368 g/mol. The van der Waals surface area contributed by atoms with Crippen LogP contribution in [0.3, 0.4) is 0 Å². The van der Waals surface area contributed by atoms with Gasteiger partial charge in [0.05, 0.1) is 17.7 Å². The van der Waals surface area contributed by atoms with Gasteiger partial charge in [0.25, 0.3) is 10.0 Å². The van der Waals surface area contributed by atoms with Crippen LogP contribution in [0.2, 0.25) is 5.02 Å². The van der Waals surface area contributed by atoms with Crippen molar-refractivity contribution in [2.75, 3.05) is 25.0 Å². The first-order chi connectivity index (χ1) is 11.4. The fourth-order valence-corrected chi connectivity index (χ4v) is 3.63. The SMILES string of the molecule is CNC(=O)CN(c1cccc(Cl)c1)S(=O)(=O)c1ccc(OC)cc1. The molecule has 1 N–H and O–H groups in total. The topological polar surface area (TPSA) is 75.7 Å². The predicted molar refractivity (Wildman–Crippen MR) is 93.0 cm³/mol. The van der Waals surface area contributed by atoms with E-state index in [4.69, 9.17) is 16.3 Å². The molecule has 0 radical (unpaired) electrons. The van der Waals surface area contributed by atoms with Gasteiger partial charge in [0.1, 0.15) is 12.3 Å². The maximum absolute atomic E-state index is 13.0. The third-order valence-corrected chi connectivity index (χ3v) is 5.33. The number of sulfonamides is 1. The van der Waals surface area contributed by atoms with Crippen molar-refractivity contribution in [1.82, 2.24) is 5.32 Å². The number of methoxy groups -OCH3 is 1. The van der Waals surface area contributed by atoms with E-state index in [1.165, 1.54) is 32.4 Å². The van der Waals surface area contributed by atoms with Gasteiger partial charge in [-0.15, -0.1) is 0 Å². The predicted octanol–water partition coefficient (Wildman–Crippen LogP) is 2.29. The van der Waals surface area contributed by atoms with Crippen LogP contribution in [0.25, 0.3) is 0 Å². The standard InChI is InChI=1S/C16H17ClN2O4S/c1-18-16(20)11-19(13-5-3-4-12(17)10-13)24(21,22)15-8-6-14(23-2)7-9-15/h3-10H,11H2,1-2H3,(H,18,20). The van der Waals surface area contributed by atoms with Crippen molar-refractivity contribution in [2.24, 2.45) is 0 Å². The van der Waals surface area contributed by atoms with Gasteiger partial charge in [0.2, 0.25) is 5.91 Å². The highest BCUT2D eigenvalue weighted by atomic mass is 35.5. The van der Waals surface area contributed by atoms with Crippen molar-refractivity contribution in [3.8, 4) is 5.75 Å². The smallest absolute Gasteiger partial charge is 0.264 e. The molecule has 0 aliphatic rings. The number of ether oxygens (including phenoxy) is 1. The largest absolute Gasteiger partial charge is 0.497 e. The molecule has 2 aromatic carbocycles. The number of hydrogen-bond donors (Lipinski definition) is 1. The van der Waals surface area contributed by atoms with Gasteiger partial charge in [-0.25, -0.2) is 8.42 Å². The molecule has 2 aromatic rings. The zero-order valence-electron chi connectivity index (χ0n) is 13.2. The Kier molecular flexibility index (Phi) is 5.69. The zero-order chi connectivity index (χ0) is 17.7. The lowest BCUT2D eigenvalue weighted by Crippen LogP contribution is -2.39. The van der Waals surface area contributed by atoms with Crippen LogP contribution in [0.15, 0.2) is 53.4 Å². The van der Waals surface area contributed by atoms with E-state index < -0.39 is 15.9 Å². The molecule has 8 heteroatoms. The number of carbonyl (C=O) groups is 1. The van der Waals surface area contributed by atoms with Gasteiger partial charge in [-0.05, 0) is 42.5 Å². The lowest BCUT2D eigenvalue weighted by Gasteiger charge is -2.24. The van der Waals surface area contributed by atoms with Gasteiger partial charge in [0.15, 0.2) is 0 Å². The van der Waals surface area contributed by atoms with Crippen LogP contribution in [0.4, 0.5) is 5.69 Å². The van der Waals surface area contributed by atoms with E-state index in [1.807, 2.05) is 0 Å². The van der Waals surface area contributed by atoms with E-state index in [0.717, 1.165) is 4.31 Å². The molecule has 0 bridgehead atoms. The summed E-state index contributed by atoms with van der Waals surface area (Å²) in [7, 11) is -1.01. The summed E-state index contributed by atoms with van der Waals surface area (Å²) in [5.74, 6) is 0.0987. The molecule has 128 valence electrons. The maximum atomic E-state index is 13.0. The summed E-state index contributed by atoms with van der Waals surface area (Å²) in [6, 6.07) is 12.3. The first-order valence-electron chi connectivity index (χ1n) is 7.01. The number of benzene rings is 2. The van der Waals surface area contributed by atoms with E-state index in [1.54, 1.807) is 30.3 Å². The van der Waals surface area contributed by atoms with Crippen LogP contribution in [-0.4, -0.2) is 35.0 Å². The highest BCUT2D eigenvalue weighted by molar-refractivity contribution is 7.92. The molecule has 0 aliphatic heterocycles. The second-order valence-corrected chi connectivity index (χ2v) is 7.14. The Hall–Kier alpha value is -2.25. The van der Waals surface area contributed by atoms with Gasteiger partial charge in [0, 0.05) is 12.1 Å². The number of nitrogens with one attached hydrogen (secondary N) is 1. The van der Waals surface area contributed by atoms with E-state index in [2.05, 4.69) is 5.32 Å². The number of hydrogen-bond acceptors (Lipinski definition) is 4. The van der Waals surface area contributed by atoms with Crippen molar-refractivity contribution < 1.29 is 17.9 Å².